The number of alkyl halides is 3. The molecule has 1 atom stereocenters. The van der Waals surface area contributed by atoms with Crippen LogP contribution in [0.1, 0.15) is 56.3 Å². The van der Waals surface area contributed by atoms with Crippen molar-refractivity contribution in [2.24, 2.45) is 0 Å². The number of hydrogen-bond donors (Lipinski definition) is 1. The fourth-order valence-electron chi connectivity index (χ4n) is 4.95. The van der Waals surface area contributed by atoms with Crippen molar-refractivity contribution in [3.8, 4) is 17.2 Å². The van der Waals surface area contributed by atoms with E-state index in [-0.39, 0.29) is 37.0 Å². The number of hydrogen-bond acceptors (Lipinski definition) is 7. The predicted molar refractivity (Wildman–Crippen MR) is 165 cm³/mol. The van der Waals surface area contributed by atoms with E-state index in [1.165, 1.54) is 25.2 Å². The Bertz CT molecular complexity index is 1520. The maximum atomic E-state index is 14.1. The van der Waals surface area contributed by atoms with Gasteiger partial charge < -0.3 is 29.2 Å². The van der Waals surface area contributed by atoms with Crippen LogP contribution in [0.2, 0.25) is 5.02 Å². The van der Waals surface area contributed by atoms with E-state index in [9.17, 15) is 22.8 Å². The van der Waals surface area contributed by atoms with Gasteiger partial charge in [-0.2, -0.15) is 13.2 Å². The molecule has 3 aromatic rings. The summed E-state index contributed by atoms with van der Waals surface area (Å²) in [7, 11) is 2.67. The average molecular weight is 649 g/mol. The van der Waals surface area contributed by atoms with Gasteiger partial charge in [-0.05, 0) is 69.0 Å². The molecule has 3 aromatic carbocycles. The second-order valence-corrected chi connectivity index (χ2v) is 11.9. The highest BCUT2D eigenvalue weighted by molar-refractivity contribution is 6.30. The lowest BCUT2D eigenvalue weighted by atomic mass is 10.0. The van der Waals surface area contributed by atoms with Crippen LogP contribution in [0.4, 0.5) is 24.5 Å². The summed E-state index contributed by atoms with van der Waals surface area (Å²) in [5.74, 6) is -0.211. The molecule has 1 N–H and O–H groups in total. The van der Waals surface area contributed by atoms with E-state index in [1.807, 2.05) is 0 Å². The van der Waals surface area contributed by atoms with E-state index in [2.05, 4.69) is 5.32 Å². The highest BCUT2D eigenvalue weighted by Gasteiger charge is 2.39. The topological polar surface area (TPSA) is 86.3 Å². The zero-order valence-corrected chi connectivity index (χ0v) is 26.5. The zero-order valence-electron chi connectivity index (χ0n) is 25.7. The number of fused-ring (bicyclic) bond motifs is 1. The molecule has 0 fully saturated rings. The van der Waals surface area contributed by atoms with Crippen LogP contribution in [-0.4, -0.2) is 44.8 Å². The van der Waals surface area contributed by atoms with Crippen molar-refractivity contribution in [2.45, 2.75) is 57.9 Å². The molecule has 1 amide bonds. The minimum absolute atomic E-state index is 0.175. The summed E-state index contributed by atoms with van der Waals surface area (Å²) in [5, 5.41) is 3.68. The number of anilines is 2. The second-order valence-electron chi connectivity index (χ2n) is 11.5. The number of ether oxygens (including phenoxy) is 4. The molecular weight excluding hydrogens is 613 g/mol. The minimum atomic E-state index is -4.67. The summed E-state index contributed by atoms with van der Waals surface area (Å²) in [6.07, 6.45) is -3.71. The fourth-order valence-corrected chi connectivity index (χ4v) is 5.08. The smallest absolute Gasteiger partial charge is 0.420 e. The molecule has 242 valence electrons. The molecule has 0 saturated heterocycles. The van der Waals surface area contributed by atoms with Crippen molar-refractivity contribution in [3.05, 3.63) is 76.3 Å². The summed E-state index contributed by atoms with van der Waals surface area (Å²) in [6.45, 7) is 5.81. The highest BCUT2D eigenvalue weighted by Crippen LogP contribution is 2.43. The number of rotatable bonds is 11. The number of nitrogens with one attached hydrogen (secondary N) is 1. The van der Waals surface area contributed by atoms with Crippen molar-refractivity contribution in [1.82, 2.24) is 0 Å². The Labute approximate surface area is 265 Å². The van der Waals surface area contributed by atoms with Gasteiger partial charge in [0.2, 0.25) is 0 Å². The standard InChI is InChI=1S/C33H36ClF3N2O6/c1-32(2,3)45-29(40)7-6-14-44-25-17-23(16-24(18-25)42-4)38-30(20-8-10-22(34)11-9-20)31(41)39-13-12-21-15-28(43-5)26(19-27(21)39)33(35,36)37/h8-11,15-19,30,38H,6-7,12-14H2,1-5H3. The molecule has 0 bridgehead atoms. The van der Waals surface area contributed by atoms with E-state index in [1.54, 1.807) is 63.2 Å². The van der Waals surface area contributed by atoms with Crippen LogP contribution < -0.4 is 24.4 Å². The van der Waals surface area contributed by atoms with Crippen molar-refractivity contribution >= 4 is 34.9 Å². The number of esters is 1. The molecule has 4 rings (SSSR count). The van der Waals surface area contributed by atoms with Crippen LogP contribution in [0.15, 0.2) is 54.6 Å². The van der Waals surface area contributed by atoms with Gasteiger partial charge in [-0.25, -0.2) is 0 Å². The van der Waals surface area contributed by atoms with Crippen molar-refractivity contribution in [3.63, 3.8) is 0 Å². The molecule has 0 radical (unpaired) electrons. The summed E-state index contributed by atoms with van der Waals surface area (Å²) < 4.78 is 63.2. The molecule has 1 heterocycles. The lowest BCUT2D eigenvalue weighted by Crippen LogP contribution is -2.37. The summed E-state index contributed by atoms with van der Waals surface area (Å²) in [5.41, 5.74) is 0.231. The van der Waals surface area contributed by atoms with Gasteiger partial charge in [0, 0.05) is 47.6 Å². The normalized spacial score (nSPS) is 13.6. The van der Waals surface area contributed by atoms with Crippen LogP contribution in [0.5, 0.6) is 17.2 Å². The van der Waals surface area contributed by atoms with E-state index in [4.69, 9.17) is 30.5 Å². The molecular formula is C33H36ClF3N2O6. The third kappa shape index (κ3) is 8.75. The molecule has 0 saturated carbocycles. The highest BCUT2D eigenvalue weighted by atomic mass is 35.5. The molecule has 0 spiro atoms. The average Bonchev–Trinajstić information content (AvgIpc) is 3.39. The lowest BCUT2D eigenvalue weighted by Gasteiger charge is -2.27. The first-order chi connectivity index (χ1) is 21.2. The molecule has 1 aliphatic rings. The second kappa shape index (κ2) is 13.9. The van der Waals surface area contributed by atoms with E-state index >= 15 is 0 Å². The van der Waals surface area contributed by atoms with Crippen LogP contribution in [0, 0.1) is 0 Å². The van der Waals surface area contributed by atoms with Gasteiger partial charge in [0.25, 0.3) is 5.91 Å². The first-order valence-corrected chi connectivity index (χ1v) is 14.7. The molecule has 8 nitrogen and oxygen atoms in total. The Morgan fingerprint density at radius 2 is 1.67 bits per heavy atom. The van der Waals surface area contributed by atoms with E-state index in [0.717, 1.165) is 6.07 Å². The van der Waals surface area contributed by atoms with E-state index in [0.29, 0.717) is 46.2 Å². The van der Waals surface area contributed by atoms with Crippen molar-refractivity contribution in [1.29, 1.82) is 0 Å². The SMILES string of the molecule is COc1cc(NC(C(=O)N2CCc3cc(OC)c(C(F)(F)F)cc32)c2ccc(Cl)cc2)cc(OCCCC(=O)OC(C)(C)C)c1. The quantitative estimate of drug-likeness (QED) is 0.169. The Morgan fingerprint density at radius 1 is 0.978 bits per heavy atom. The summed E-state index contributed by atoms with van der Waals surface area (Å²) >= 11 is 6.11. The zero-order chi connectivity index (χ0) is 32.9. The van der Waals surface area contributed by atoms with Crippen LogP contribution in [-0.2, 0) is 26.9 Å². The fraction of sp³-hybridized carbons (Fsp3) is 0.394. The monoisotopic (exact) mass is 648 g/mol. The predicted octanol–water partition coefficient (Wildman–Crippen LogP) is 7.62. The summed E-state index contributed by atoms with van der Waals surface area (Å²) in [6, 6.07) is 12.9. The molecule has 1 unspecified atom stereocenters. The maximum Gasteiger partial charge on any atom is 0.420 e. The van der Waals surface area contributed by atoms with Gasteiger partial charge >= 0.3 is 12.1 Å². The van der Waals surface area contributed by atoms with Gasteiger partial charge in [0.1, 0.15) is 28.9 Å². The first-order valence-electron chi connectivity index (χ1n) is 14.3. The Balaban J connectivity index is 1.60. The number of carbonyl (C=O) groups is 2. The van der Waals surface area contributed by atoms with Crippen molar-refractivity contribution in [2.75, 3.05) is 37.6 Å². The Morgan fingerprint density at radius 3 is 2.29 bits per heavy atom. The van der Waals surface area contributed by atoms with Gasteiger partial charge in [-0.1, -0.05) is 23.7 Å². The third-order valence-electron chi connectivity index (χ3n) is 6.96. The largest absolute Gasteiger partial charge is 0.497 e. The molecule has 1 aliphatic heterocycles. The van der Waals surface area contributed by atoms with Gasteiger partial charge in [0.15, 0.2) is 0 Å². The van der Waals surface area contributed by atoms with Crippen LogP contribution >= 0.6 is 11.6 Å². The van der Waals surface area contributed by atoms with E-state index < -0.39 is 29.3 Å². The van der Waals surface area contributed by atoms with Crippen LogP contribution in [0.25, 0.3) is 0 Å². The number of methoxy groups -OCH3 is 2. The van der Waals surface area contributed by atoms with Gasteiger partial charge in [-0.15, -0.1) is 0 Å². The summed E-state index contributed by atoms with van der Waals surface area (Å²) in [4.78, 5) is 27.5. The number of halogens is 4. The van der Waals surface area contributed by atoms with Crippen LogP contribution in [0.3, 0.4) is 0 Å². The first kappa shape index (κ1) is 33.8. The van der Waals surface area contributed by atoms with Gasteiger partial charge in [0.05, 0.1) is 26.4 Å². The molecule has 12 heteroatoms. The molecule has 45 heavy (non-hydrogen) atoms. The third-order valence-corrected chi connectivity index (χ3v) is 7.21. The molecule has 0 aliphatic carbocycles. The number of nitrogens with zero attached hydrogens (tertiary/aromatic N) is 1. The van der Waals surface area contributed by atoms with Gasteiger partial charge in [-0.3, -0.25) is 9.59 Å². The van der Waals surface area contributed by atoms with Crippen molar-refractivity contribution < 1.29 is 41.7 Å². The lowest BCUT2D eigenvalue weighted by molar-refractivity contribution is -0.155. The number of carbonyl (C=O) groups excluding carboxylic acids is 2. The Hall–Kier alpha value is -4.12. The number of amides is 1. The number of benzene rings is 3. The minimum Gasteiger partial charge on any atom is -0.497 e. The molecule has 0 aromatic heterocycles. The Kier molecular flexibility index (Phi) is 10.4. The maximum absolute atomic E-state index is 14.1.